The lowest BCUT2D eigenvalue weighted by atomic mass is 9.99. The summed E-state index contributed by atoms with van der Waals surface area (Å²) >= 11 is 0. The third kappa shape index (κ3) is 5.89. The van der Waals surface area contributed by atoms with Gasteiger partial charge in [-0.3, -0.25) is 4.79 Å². The molecule has 168 valence electrons. The Morgan fingerprint density at radius 3 is 2.48 bits per heavy atom. The summed E-state index contributed by atoms with van der Waals surface area (Å²) in [4.78, 5) is 12.8. The third-order valence-corrected chi connectivity index (χ3v) is 7.04. The number of piperidine rings is 1. The fraction of sp³-hybridized carbons (Fsp3) is 0.409. The molecule has 0 bridgehead atoms. The average Bonchev–Trinajstić information content (AvgIpc) is 2.82. The lowest BCUT2D eigenvalue weighted by molar-refractivity contribution is -0.126. The monoisotopic (exact) mass is 448 g/mol. The zero-order chi connectivity index (χ0) is 22.3. The van der Waals surface area contributed by atoms with Gasteiger partial charge in [0, 0.05) is 19.2 Å². The Morgan fingerprint density at radius 2 is 1.77 bits per heavy atom. The third-order valence-electron chi connectivity index (χ3n) is 5.16. The maximum absolute atomic E-state index is 12.9. The average molecular weight is 449 g/mol. The lowest BCUT2D eigenvalue weighted by Crippen LogP contribution is -2.45. The van der Waals surface area contributed by atoms with Crippen molar-refractivity contribution in [3.63, 3.8) is 0 Å². The Hall–Kier alpha value is -2.78. The van der Waals surface area contributed by atoms with Crippen molar-refractivity contribution in [1.29, 1.82) is 0 Å². The van der Waals surface area contributed by atoms with Gasteiger partial charge in [-0.1, -0.05) is 6.07 Å². The van der Waals surface area contributed by atoms with E-state index in [1.807, 2.05) is 18.2 Å². The van der Waals surface area contributed by atoms with Gasteiger partial charge in [0.25, 0.3) is 0 Å². The lowest BCUT2D eigenvalue weighted by Gasteiger charge is -2.31. The van der Waals surface area contributed by atoms with Gasteiger partial charge in [-0.05, 0) is 49.2 Å². The number of sulfonamides is 1. The van der Waals surface area contributed by atoms with Crippen LogP contribution in [0.1, 0.15) is 12.8 Å². The fourth-order valence-electron chi connectivity index (χ4n) is 3.45. The highest BCUT2D eigenvalue weighted by molar-refractivity contribution is 7.89. The van der Waals surface area contributed by atoms with E-state index < -0.39 is 15.9 Å². The Morgan fingerprint density at radius 1 is 1.06 bits per heavy atom. The predicted octanol–water partition coefficient (Wildman–Crippen LogP) is 2.30. The van der Waals surface area contributed by atoms with E-state index in [-0.39, 0.29) is 17.3 Å². The van der Waals surface area contributed by atoms with Gasteiger partial charge >= 0.3 is 0 Å². The van der Waals surface area contributed by atoms with Gasteiger partial charge in [-0.2, -0.15) is 4.31 Å². The van der Waals surface area contributed by atoms with Crippen molar-refractivity contribution in [3.05, 3.63) is 48.5 Å². The predicted molar refractivity (Wildman–Crippen MR) is 116 cm³/mol. The van der Waals surface area contributed by atoms with Crippen molar-refractivity contribution in [1.82, 2.24) is 9.62 Å². The highest BCUT2D eigenvalue weighted by Gasteiger charge is 2.33. The molecule has 1 aliphatic heterocycles. The van der Waals surface area contributed by atoms with E-state index in [0.717, 1.165) is 0 Å². The summed E-state index contributed by atoms with van der Waals surface area (Å²) in [6, 6.07) is 13.5. The summed E-state index contributed by atoms with van der Waals surface area (Å²) in [5, 5.41) is 2.84. The van der Waals surface area contributed by atoms with Gasteiger partial charge in [-0.15, -0.1) is 0 Å². The van der Waals surface area contributed by atoms with Crippen LogP contribution < -0.4 is 19.5 Å². The molecule has 1 saturated heterocycles. The standard InChI is InChI=1S/C22H28N2O6S/c1-28-18-8-10-21(11-9-18)31(26,27)24-13-4-5-17(16-24)22(25)23-12-14-30-20-7-3-6-19(15-20)29-2/h3,6-11,15,17H,4-5,12-14,16H2,1-2H3,(H,23,25). The number of ether oxygens (including phenoxy) is 3. The summed E-state index contributed by atoms with van der Waals surface area (Å²) in [6.07, 6.45) is 1.28. The fourth-order valence-corrected chi connectivity index (χ4v) is 4.97. The first-order chi connectivity index (χ1) is 14.9. The van der Waals surface area contributed by atoms with Crippen molar-refractivity contribution in [2.24, 2.45) is 5.92 Å². The zero-order valence-corrected chi connectivity index (χ0v) is 18.6. The summed E-state index contributed by atoms with van der Waals surface area (Å²) in [7, 11) is -0.548. The molecule has 8 nitrogen and oxygen atoms in total. The van der Waals surface area contributed by atoms with Crippen LogP contribution in [-0.4, -0.2) is 59.1 Å². The second-order valence-corrected chi connectivity index (χ2v) is 9.13. The number of carbonyl (C=O) groups excluding carboxylic acids is 1. The van der Waals surface area contributed by atoms with E-state index in [1.165, 1.54) is 23.5 Å². The summed E-state index contributed by atoms with van der Waals surface area (Å²) in [5.41, 5.74) is 0. The van der Waals surface area contributed by atoms with Gasteiger partial charge in [0.1, 0.15) is 23.9 Å². The molecular formula is C22H28N2O6S. The van der Waals surface area contributed by atoms with E-state index in [2.05, 4.69) is 5.32 Å². The molecule has 1 aliphatic rings. The molecule has 1 unspecified atom stereocenters. The first-order valence-electron chi connectivity index (χ1n) is 10.1. The van der Waals surface area contributed by atoms with Crippen LogP contribution in [0.3, 0.4) is 0 Å². The van der Waals surface area contributed by atoms with E-state index >= 15 is 0 Å². The largest absolute Gasteiger partial charge is 0.497 e. The van der Waals surface area contributed by atoms with Crippen molar-refractivity contribution in [3.8, 4) is 17.2 Å². The number of rotatable bonds is 9. The molecule has 3 rings (SSSR count). The number of carbonyl (C=O) groups is 1. The second kappa shape index (κ2) is 10.5. The van der Waals surface area contributed by atoms with Gasteiger partial charge in [-0.25, -0.2) is 8.42 Å². The SMILES string of the molecule is COc1ccc(S(=O)(=O)N2CCCC(C(=O)NCCOc3cccc(OC)c3)C2)cc1. The Labute approximate surface area is 183 Å². The van der Waals surface area contributed by atoms with E-state index in [4.69, 9.17) is 14.2 Å². The Balaban J connectivity index is 1.51. The molecule has 0 saturated carbocycles. The number of nitrogens with one attached hydrogen (secondary N) is 1. The number of benzene rings is 2. The highest BCUT2D eigenvalue weighted by atomic mass is 32.2. The molecule has 1 amide bonds. The van der Waals surface area contributed by atoms with Crippen molar-refractivity contribution in [2.75, 3.05) is 40.5 Å². The maximum Gasteiger partial charge on any atom is 0.243 e. The van der Waals surface area contributed by atoms with Crippen molar-refractivity contribution >= 4 is 15.9 Å². The number of amides is 1. The van der Waals surface area contributed by atoms with Crippen LogP contribution >= 0.6 is 0 Å². The van der Waals surface area contributed by atoms with Crippen molar-refractivity contribution < 1.29 is 27.4 Å². The first-order valence-corrected chi connectivity index (χ1v) is 11.6. The smallest absolute Gasteiger partial charge is 0.243 e. The molecule has 1 N–H and O–H groups in total. The van der Waals surface area contributed by atoms with Crippen LogP contribution in [0.25, 0.3) is 0 Å². The topological polar surface area (TPSA) is 94.2 Å². The van der Waals surface area contributed by atoms with Crippen LogP contribution in [0.15, 0.2) is 53.4 Å². The van der Waals surface area contributed by atoms with Gasteiger partial charge in [0.2, 0.25) is 15.9 Å². The molecule has 1 atom stereocenters. The molecule has 31 heavy (non-hydrogen) atoms. The number of nitrogens with zero attached hydrogens (tertiary/aromatic N) is 1. The molecule has 0 aromatic heterocycles. The summed E-state index contributed by atoms with van der Waals surface area (Å²) in [6.45, 7) is 1.20. The van der Waals surface area contributed by atoms with Gasteiger partial charge < -0.3 is 19.5 Å². The molecule has 0 radical (unpaired) electrons. The molecule has 1 fully saturated rings. The Kier molecular flexibility index (Phi) is 7.75. The molecule has 0 aliphatic carbocycles. The molecular weight excluding hydrogens is 420 g/mol. The summed E-state index contributed by atoms with van der Waals surface area (Å²) in [5.74, 6) is 1.39. The molecule has 1 heterocycles. The minimum Gasteiger partial charge on any atom is -0.497 e. The maximum atomic E-state index is 12.9. The second-order valence-electron chi connectivity index (χ2n) is 7.20. The van der Waals surface area contributed by atoms with E-state index in [0.29, 0.717) is 49.8 Å². The van der Waals surface area contributed by atoms with Crippen LogP contribution in [0.2, 0.25) is 0 Å². The van der Waals surface area contributed by atoms with E-state index in [9.17, 15) is 13.2 Å². The molecule has 2 aromatic rings. The Bertz CT molecular complexity index is 978. The van der Waals surface area contributed by atoms with Crippen LogP contribution in [0, 0.1) is 5.92 Å². The quantitative estimate of drug-likeness (QED) is 0.592. The number of hydrogen-bond donors (Lipinski definition) is 1. The van der Waals surface area contributed by atoms with Crippen LogP contribution in [-0.2, 0) is 14.8 Å². The summed E-state index contributed by atoms with van der Waals surface area (Å²) < 4.78 is 43.1. The molecule has 2 aromatic carbocycles. The first kappa shape index (κ1) is 22.9. The highest BCUT2D eigenvalue weighted by Crippen LogP contribution is 2.25. The number of hydrogen-bond acceptors (Lipinski definition) is 6. The van der Waals surface area contributed by atoms with Crippen LogP contribution in [0.4, 0.5) is 0 Å². The minimum absolute atomic E-state index is 0.163. The van der Waals surface area contributed by atoms with Crippen molar-refractivity contribution in [2.45, 2.75) is 17.7 Å². The molecule has 0 spiro atoms. The molecule has 9 heteroatoms. The van der Waals surface area contributed by atoms with Gasteiger partial charge in [0.05, 0.1) is 31.6 Å². The normalized spacial score (nSPS) is 17.0. The zero-order valence-electron chi connectivity index (χ0n) is 17.7. The van der Waals surface area contributed by atoms with Gasteiger partial charge in [0.15, 0.2) is 0 Å². The number of methoxy groups -OCH3 is 2. The minimum atomic E-state index is -3.66. The van der Waals surface area contributed by atoms with Crippen LogP contribution in [0.5, 0.6) is 17.2 Å². The van der Waals surface area contributed by atoms with E-state index in [1.54, 1.807) is 25.3 Å².